The maximum Gasteiger partial charge on any atom is 0.253 e. The summed E-state index contributed by atoms with van der Waals surface area (Å²) in [5, 5.41) is 0.699. The predicted molar refractivity (Wildman–Crippen MR) is 100 cm³/mol. The Hall–Kier alpha value is -2.11. The Kier molecular flexibility index (Phi) is 4.60. The van der Waals surface area contributed by atoms with E-state index in [1.54, 1.807) is 23.1 Å². The highest BCUT2D eigenvalue weighted by atomic mass is 35.5. The van der Waals surface area contributed by atoms with Crippen molar-refractivity contribution in [2.24, 2.45) is 0 Å². The van der Waals surface area contributed by atoms with Crippen LogP contribution in [-0.4, -0.2) is 35.3 Å². The molecule has 0 saturated carbocycles. The fourth-order valence-electron chi connectivity index (χ4n) is 3.71. The lowest BCUT2D eigenvalue weighted by Crippen LogP contribution is -2.52. The second-order valence-corrected chi connectivity index (χ2v) is 7.80. The van der Waals surface area contributed by atoms with Gasteiger partial charge in [-0.3, -0.25) is 9.59 Å². The number of halogens is 3. The highest BCUT2D eigenvalue weighted by Crippen LogP contribution is 2.44. The van der Waals surface area contributed by atoms with Gasteiger partial charge in [0, 0.05) is 36.5 Å². The van der Waals surface area contributed by atoms with E-state index < -0.39 is 11.4 Å². The number of ether oxygens (including phenoxy) is 1. The van der Waals surface area contributed by atoms with Crippen LogP contribution in [0.5, 0.6) is 5.75 Å². The van der Waals surface area contributed by atoms with Crippen molar-refractivity contribution in [1.82, 2.24) is 4.90 Å². The van der Waals surface area contributed by atoms with Crippen molar-refractivity contribution in [3.8, 4) is 5.75 Å². The van der Waals surface area contributed by atoms with E-state index in [0.717, 1.165) is 0 Å². The number of hydrogen-bond acceptors (Lipinski definition) is 3. The van der Waals surface area contributed by atoms with Crippen LogP contribution in [0.4, 0.5) is 4.39 Å². The number of rotatable bonds is 1. The summed E-state index contributed by atoms with van der Waals surface area (Å²) < 4.78 is 19.5. The third-order valence-corrected chi connectivity index (χ3v) is 5.64. The summed E-state index contributed by atoms with van der Waals surface area (Å²) >= 11 is 12.2. The van der Waals surface area contributed by atoms with E-state index in [1.807, 2.05) is 0 Å². The molecule has 0 bridgehead atoms. The van der Waals surface area contributed by atoms with Crippen LogP contribution in [0.2, 0.25) is 10.0 Å². The molecule has 2 aromatic rings. The molecule has 4 nitrogen and oxygen atoms in total. The summed E-state index contributed by atoms with van der Waals surface area (Å²) in [7, 11) is 0. The summed E-state index contributed by atoms with van der Waals surface area (Å²) in [6.45, 7) is 0.840. The Morgan fingerprint density at radius 2 is 1.89 bits per heavy atom. The molecule has 140 valence electrons. The fraction of sp³-hybridized carbons (Fsp3) is 0.300. The minimum absolute atomic E-state index is 0.0643. The number of nitrogens with zero attached hydrogens (tertiary/aromatic N) is 1. The molecule has 0 aliphatic carbocycles. The number of fused-ring (bicyclic) bond motifs is 1. The number of hydrogen-bond donors (Lipinski definition) is 0. The quantitative estimate of drug-likeness (QED) is 0.683. The molecule has 1 amide bonds. The first-order valence-electron chi connectivity index (χ1n) is 8.63. The summed E-state index contributed by atoms with van der Waals surface area (Å²) in [4.78, 5) is 26.9. The van der Waals surface area contributed by atoms with Crippen molar-refractivity contribution >= 4 is 34.9 Å². The topological polar surface area (TPSA) is 46.6 Å². The molecule has 4 rings (SSSR count). The lowest BCUT2D eigenvalue weighted by Gasteiger charge is -2.44. The number of amides is 1. The lowest BCUT2D eigenvalue weighted by atomic mass is 9.82. The Morgan fingerprint density at radius 3 is 2.59 bits per heavy atom. The van der Waals surface area contributed by atoms with Gasteiger partial charge >= 0.3 is 0 Å². The molecule has 0 aromatic heterocycles. The molecular formula is C20H16Cl2FNO3. The Balaban J connectivity index is 1.52. The van der Waals surface area contributed by atoms with Crippen LogP contribution in [0.1, 0.15) is 40.0 Å². The van der Waals surface area contributed by atoms with E-state index in [1.165, 1.54) is 18.2 Å². The van der Waals surface area contributed by atoms with Gasteiger partial charge < -0.3 is 9.64 Å². The van der Waals surface area contributed by atoms with Crippen LogP contribution in [-0.2, 0) is 0 Å². The maximum absolute atomic E-state index is 13.4. The summed E-state index contributed by atoms with van der Waals surface area (Å²) in [6, 6.07) is 8.76. The van der Waals surface area contributed by atoms with E-state index in [2.05, 4.69) is 0 Å². The van der Waals surface area contributed by atoms with Gasteiger partial charge in [-0.05, 0) is 30.3 Å². The lowest BCUT2D eigenvalue weighted by molar-refractivity contribution is -0.00566. The molecule has 0 unspecified atom stereocenters. The molecule has 1 spiro atoms. The van der Waals surface area contributed by atoms with E-state index in [4.69, 9.17) is 27.9 Å². The average Bonchev–Trinajstić information content (AvgIpc) is 2.63. The Morgan fingerprint density at radius 1 is 1.15 bits per heavy atom. The van der Waals surface area contributed by atoms with Gasteiger partial charge in [0.05, 0.1) is 17.0 Å². The van der Waals surface area contributed by atoms with Gasteiger partial charge in [-0.2, -0.15) is 0 Å². The van der Waals surface area contributed by atoms with Gasteiger partial charge in [0.1, 0.15) is 17.2 Å². The maximum atomic E-state index is 13.4. The van der Waals surface area contributed by atoms with Crippen LogP contribution in [0, 0.1) is 5.82 Å². The van der Waals surface area contributed by atoms with Crippen LogP contribution in [0.25, 0.3) is 0 Å². The molecule has 2 aromatic carbocycles. The van der Waals surface area contributed by atoms with Crippen molar-refractivity contribution in [2.75, 3.05) is 13.1 Å². The molecule has 0 N–H and O–H groups in total. The number of carbonyl (C=O) groups is 2. The van der Waals surface area contributed by atoms with Gasteiger partial charge in [0.15, 0.2) is 5.78 Å². The second kappa shape index (κ2) is 6.80. The molecule has 0 radical (unpaired) electrons. The molecule has 2 aliphatic rings. The van der Waals surface area contributed by atoms with Crippen molar-refractivity contribution in [1.29, 1.82) is 0 Å². The van der Waals surface area contributed by atoms with Gasteiger partial charge in [-0.15, -0.1) is 0 Å². The summed E-state index contributed by atoms with van der Waals surface area (Å²) in [5.74, 6) is -0.370. The van der Waals surface area contributed by atoms with Crippen molar-refractivity contribution in [3.05, 3.63) is 63.4 Å². The zero-order valence-corrected chi connectivity index (χ0v) is 15.8. The fourth-order valence-corrected chi connectivity index (χ4v) is 4.24. The third kappa shape index (κ3) is 3.42. The number of Topliss-reactive ketones (excluding diaryl/α,β-unsaturated/α-hetero) is 1. The average molecular weight is 408 g/mol. The molecule has 0 atom stereocenters. The van der Waals surface area contributed by atoms with Crippen LogP contribution >= 0.6 is 23.2 Å². The van der Waals surface area contributed by atoms with Gasteiger partial charge in [0.25, 0.3) is 5.91 Å². The standard InChI is InChI=1S/C20H16Cl2FNO3/c21-13-9-15-17(25)11-20(27-18(15)16(22)10-13)4-6-24(7-5-20)19(26)12-2-1-3-14(23)8-12/h1-3,8-10H,4-7,11H2. The first-order valence-corrected chi connectivity index (χ1v) is 9.39. The summed E-state index contributed by atoms with van der Waals surface area (Å²) in [5.41, 5.74) is 0.0336. The van der Waals surface area contributed by atoms with Gasteiger partial charge in [-0.1, -0.05) is 29.3 Å². The molecule has 27 heavy (non-hydrogen) atoms. The second-order valence-electron chi connectivity index (χ2n) is 6.95. The van der Waals surface area contributed by atoms with Crippen LogP contribution in [0.3, 0.4) is 0 Å². The minimum Gasteiger partial charge on any atom is -0.484 e. The Labute approximate surface area is 165 Å². The monoisotopic (exact) mass is 407 g/mol. The zero-order valence-electron chi connectivity index (χ0n) is 14.3. The third-order valence-electron chi connectivity index (χ3n) is 5.14. The molecule has 2 heterocycles. The van der Waals surface area contributed by atoms with Crippen LogP contribution in [0.15, 0.2) is 36.4 Å². The van der Waals surface area contributed by atoms with E-state index in [9.17, 15) is 14.0 Å². The minimum atomic E-state index is -0.680. The van der Waals surface area contributed by atoms with Crippen molar-refractivity contribution in [3.63, 3.8) is 0 Å². The first-order chi connectivity index (χ1) is 12.9. The van der Waals surface area contributed by atoms with Gasteiger partial charge in [-0.25, -0.2) is 4.39 Å². The highest BCUT2D eigenvalue weighted by molar-refractivity contribution is 6.36. The zero-order chi connectivity index (χ0) is 19.2. The number of ketones is 1. The van der Waals surface area contributed by atoms with Crippen molar-refractivity contribution in [2.45, 2.75) is 24.9 Å². The molecule has 1 fully saturated rings. The van der Waals surface area contributed by atoms with Crippen LogP contribution < -0.4 is 4.74 Å². The molecule has 1 saturated heterocycles. The largest absolute Gasteiger partial charge is 0.484 e. The molecule has 7 heteroatoms. The normalized spacial score (nSPS) is 18.2. The van der Waals surface area contributed by atoms with Crippen molar-refractivity contribution < 1.29 is 18.7 Å². The summed E-state index contributed by atoms with van der Waals surface area (Å²) in [6.07, 6.45) is 1.22. The molecular weight excluding hydrogens is 392 g/mol. The number of benzene rings is 2. The first kappa shape index (κ1) is 18.3. The molecule has 2 aliphatic heterocycles. The van der Waals surface area contributed by atoms with E-state index >= 15 is 0 Å². The SMILES string of the molecule is O=C1CC2(CCN(C(=O)c3cccc(F)c3)CC2)Oc2c(Cl)cc(Cl)cc21. The predicted octanol–water partition coefficient (Wildman–Crippen LogP) is 4.77. The van der Waals surface area contributed by atoms with Gasteiger partial charge in [0.2, 0.25) is 0 Å². The number of likely N-dealkylation sites (tertiary alicyclic amines) is 1. The van der Waals surface area contributed by atoms with E-state index in [0.29, 0.717) is 52.9 Å². The highest BCUT2D eigenvalue weighted by Gasteiger charge is 2.44. The Bertz CT molecular complexity index is 939. The number of piperidine rings is 1. The smallest absolute Gasteiger partial charge is 0.253 e. The number of carbonyl (C=O) groups excluding carboxylic acids is 2. The van der Waals surface area contributed by atoms with E-state index in [-0.39, 0.29) is 18.1 Å².